The van der Waals surface area contributed by atoms with Crippen LogP contribution in [0.15, 0.2) is 84.9 Å². The van der Waals surface area contributed by atoms with E-state index in [-0.39, 0.29) is 35.1 Å². The molecule has 0 saturated carbocycles. The number of hydrogen-bond acceptors (Lipinski definition) is 2. The van der Waals surface area contributed by atoms with Gasteiger partial charge in [-0.15, -0.1) is 0 Å². The summed E-state index contributed by atoms with van der Waals surface area (Å²) in [7, 11) is 0. The molecule has 0 amide bonds. The first-order chi connectivity index (χ1) is 20.4. The van der Waals surface area contributed by atoms with Crippen molar-refractivity contribution in [3.05, 3.63) is 107 Å². The van der Waals surface area contributed by atoms with Gasteiger partial charge < -0.3 is 9.47 Å². The molecule has 4 atom stereocenters. The van der Waals surface area contributed by atoms with Gasteiger partial charge in [0.2, 0.25) is 0 Å². The van der Waals surface area contributed by atoms with Crippen molar-refractivity contribution in [1.29, 1.82) is 0 Å². The van der Waals surface area contributed by atoms with Crippen molar-refractivity contribution >= 4 is 0 Å². The van der Waals surface area contributed by atoms with Crippen molar-refractivity contribution in [1.82, 2.24) is 0 Å². The lowest BCUT2D eigenvalue weighted by Gasteiger charge is -2.37. The monoisotopic (exact) mass is 594 g/mol. The summed E-state index contributed by atoms with van der Waals surface area (Å²) in [5.41, 5.74) is 2.84. The van der Waals surface area contributed by atoms with Crippen molar-refractivity contribution in [2.75, 3.05) is 6.61 Å². The molecule has 1 unspecified atom stereocenters. The normalized spacial score (nSPS) is 20.3. The Balaban J connectivity index is 1.42. The number of halogens is 3. The third-order valence-electron chi connectivity index (χ3n) is 9.19. The van der Waals surface area contributed by atoms with Crippen LogP contribution in [-0.4, -0.2) is 18.8 Å². The Labute approximate surface area is 257 Å². The summed E-state index contributed by atoms with van der Waals surface area (Å²) in [5, 5.41) is 0. The molecule has 1 fully saturated rings. The highest BCUT2D eigenvalue weighted by atomic mass is 19.4. The van der Waals surface area contributed by atoms with Crippen LogP contribution >= 0.6 is 0 Å². The SMILES string of the molecule is CCCCC(CCCC(OC[C@@H]1C[C@H](C)[C@H](c2ccc(C(F)(F)F)cc2)O1)C(C)(C)C)(c1ccccc1)c1ccccc1. The van der Waals surface area contributed by atoms with E-state index in [2.05, 4.69) is 95.3 Å². The molecule has 4 rings (SSSR count). The van der Waals surface area contributed by atoms with Gasteiger partial charge in [-0.25, -0.2) is 0 Å². The fourth-order valence-electron chi connectivity index (χ4n) is 6.75. The Kier molecular flexibility index (Phi) is 11.2. The lowest BCUT2D eigenvalue weighted by molar-refractivity contribution is -0.137. The molecule has 1 aliphatic heterocycles. The van der Waals surface area contributed by atoms with Gasteiger partial charge in [-0.2, -0.15) is 13.2 Å². The zero-order valence-corrected chi connectivity index (χ0v) is 26.5. The minimum Gasteiger partial charge on any atom is -0.375 e. The maximum absolute atomic E-state index is 13.0. The van der Waals surface area contributed by atoms with E-state index >= 15 is 0 Å². The number of alkyl halides is 3. The van der Waals surface area contributed by atoms with Crippen LogP contribution in [0.25, 0.3) is 0 Å². The second-order valence-corrected chi connectivity index (χ2v) is 13.5. The summed E-state index contributed by atoms with van der Waals surface area (Å²) < 4.78 is 52.1. The van der Waals surface area contributed by atoms with Crippen LogP contribution in [0.1, 0.15) is 108 Å². The standard InChI is InChI=1S/C38H49F3O2/c1-6-7-24-37(30-15-10-8-11-16-30,31-17-12-9-13-18-31)25-14-19-34(36(3,4)5)42-27-33-26-28(2)35(43-33)29-20-22-32(23-21-29)38(39,40)41/h8-13,15-18,20-23,28,33-35H,6-7,14,19,24-27H2,1-5H3/t28-,33-,34?,35+/m0/s1. The molecule has 0 aromatic heterocycles. The smallest absolute Gasteiger partial charge is 0.375 e. The Hall–Kier alpha value is -2.63. The summed E-state index contributed by atoms with van der Waals surface area (Å²) in [5.74, 6) is 0.203. The summed E-state index contributed by atoms with van der Waals surface area (Å²) >= 11 is 0. The van der Waals surface area contributed by atoms with Crippen LogP contribution in [0.4, 0.5) is 13.2 Å². The van der Waals surface area contributed by atoms with Crippen LogP contribution in [0.2, 0.25) is 0 Å². The van der Waals surface area contributed by atoms with Crippen molar-refractivity contribution < 1.29 is 22.6 Å². The van der Waals surface area contributed by atoms with E-state index in [1.165, 1.54) is 17.5 Å². The maximum atomic E-state index is 13.0. The maximum Gasteiger partial charge on any atom is 0.416 e. The van der Waals surface area contributed by atoms with Gasteiger partial charge in [-0.1, -0.05) is 120 Å². The number of hydrogen-bond donors (Lipinski definition) is 0. The topological polar surface area (TPSA) is 18.5 Å². The predicted octanol–water partition coefficient (Wildman–Crippen LogP) is 10.9. The van der Waals surface area contributed by atoms with Gasteiger partial charge in [0.15, 0.2) is 0 Å². The largest absolute Gasteiger partial charge is 0.416 e. The quantitative estimate of drug-likeness (QED) is 0.196. The molecule has 1 aliphatic rings. The molecule has 1 heterocycles. The van der Waals surface area contributed by atoms with Crippen molar-refractivity contribution in [2.45, 2.75) is 109 Å². The molecular weight excluding hydrogens is 545 g/mol. The molecule has 0 radical (unpaired) electrons. The van der Waals surface area contributed by atoms with Crippen LogP contribution in [0.3, 0.4) is 0 Å². The number of unbranched alkanes of at least 4 members (excludes halogenated alkanes) is 1. The predicted molar refractivity (Wildman–Crippen MR) is 169 cm³/mol. The lowest BCUT2D eigenvalue weighted by atomic mass is 9.67. The van der Waals surface area contributed by atoms with Crippen LogP contribution in [-0.2, 0) is 21.1 Å². The highest BCUT2D eigenvalue weighted by Gasteiger charge is 2.37. The molecule has 0 aliphatic carbocycles. The van der Waals surface area contributed by atoms with Crippen molar-refractivity contribution in [2.24, 2.45) is 11.3 Å². The Morgan fingerprint density at radius 3 is 1.86 bits per heavy atom. The highest BCUT2D eigenvalue weighted by molar-refractivity contribution is 5.39. The summed E-state index contributed by atoms with van der Waals surface area (Å²) in [4.78, 5) is 0. The Bertz CT molecular complexity index is 1190. The summed E-state index contributed by atoms with van der Waals surface area (Å²) in [6, 6.07) is 27.3. The molecule has 1 saturated heterocycles. The molecule has 2 nitrogen and oxygen atoms in total. The molecule has 3 aromatic rings. The second kappa shape index (κ2) is 14.4. The van der Waals surface area contributed by atoms with Crippen LogP contribution in [0, 0.1) is 11.3 Å². The van der Waals surface area contributed by atoms with E-state index in [9.17, 15) is 13.2 Å². The number of ether oxygens (including phenoxy) is 2. The molecule has 0 bridgehead atoms. The van der Waals surface area contributed by atoms with Gasteiger partial charge in [-0.05, 0) is 72.3 Å². The first-order valence-corrected chi connectivity index (χ1v) is 16.0. The van der Waals surface area contributed by atoms with Gasteiger partial charge in [0, 0.05) is 5.41 Å². The van der Waals surface area contributed by atoms with Gasteiger partial charge in [0.25, 0.3) is 0 Å². The molecule has 234 valence electrons. The average Bonchev–Trinajstić information content (AvgIpc) is 3.36. The first-order valence-electron chi connectivity index (χ1n) is 16.0. The van der Waals surface area contributed by atoms with Crippen LogP contribution in [0.5, 0.6) is 0 Å². The minimum absolute atomic E-state index is 0.0391. The van der Waals surface area contributed by atoms with Gasteiger partial charge in [-0.3, -0.25) is 0 Å². The molecule has 43 heavy (non-hydrogen) atoms. The third-order valence-corrected chi connectivity index (χ3v) is 9.19. The van der Waals surface area contributed by atoms with E-state index < -0.39 is 11.7 Å². The molecule has 5 heteroatoms. The van der Waals surface area contributed by atoms with Crippen LogP contribution < -0.4 is 0 Å². The van der Waals surface area contributed by atoms with E-state index in [0.717, 1.165) is 56.2 Å². The highest BCUT2D eigenvalue weighted by Crippen LogP contribution is 2.43. The third kappa shape index (κ3) is 8.51. The lowest BCUT2D eigenvalue weighted by Crippen LogP contribution is -2.33. The molecule has 0 spiro atoms. The van der Waals surface area contributed by atoms with E-state index in [0.29, 0.717) is 6.61 Å². The molecular formula is C38H49F3O2. The van der Waals surface area contributed by atoms with E-state index in [4.69, 9.17) is 9.47 Å². The zero-order chi connectivity index (χ0) is 31.1. The van der Waals surface area contributed by atoms with E-state index in [1.54, 1.807) is 12.1 Å². The molecule has 3 aromatic carbocycles. The zero-order valence-electron chi connectivity index (χ0n) is 26.5. The second-order valence-electron chi connectivity index (χ2n) is 13.5. The van der Waals surface area contributed by atoms with Crippen molar-refractivity contribution in [3.8, 4) is 0 Å². The van der Waals surface area contributed by atoms with Gasteiger partial charge in [0.1, 0.15) is 0 Å². The summed E-state index contributed by atoms with van der Waals surface area (Å²) in [6.07, 6.45) is 2.70. The Morgan fingerprint density at radius 1 is 0.791 bits per heavy atom. The van der Waals surface area contributed by atoms with Crippen molar-refractivity contribution in [3.63, 3.8) is 0 Å². The first kappa shape index (κ1) is 33.3. The number of rotatable bonds is 13. The van der Waals surface area contributed by atoms with Gasteiger partial charge >= 0.3 is 6.18 Å². The van der Waals surface area contributed by atoms with E-state index in [1.807, 2.05) is 0 Å². The van der Waals surface area contributed by atoms with Gasteiger partial charge in [0.05, 0.1) is 30.5 Å². The fourth-order valence-corrected chi connectivity index (χ4v) is 6.75. The average molecular weight is 595 g/mol. The fraction of sp³-hybridized carbons (Fsp3) is 0.526. The summed E-state index contributed by atoms with van der Waals surface area (Å²) in [6.45, 7) is 11.6. The number of benzene rings is 3. The Morgan fingerprint density at radius 2 is 1.35 bits per heavy atom. The minimum atomic E-state index is -4.34. The molecule has 0 N–H and O–H groups in total.